The lowest BCUT2D eigenvalue weighted by atomic mass is 9.98. The van der Waals surface area contributed by atoms with Crippen LogP contribution in [0.4, 0.5) is 5.82 Å². The van der Waals surface area contributed by atoms with Gasteiger partial charge in [-0.3, -0.25) is 5.73 Å². The number of nitrogen functional groups attached to an aromatic ring is 1. The number of anilines is 1. The summed E-state index contributed by atoms with van der Waals surface area (Å²) >= 11 is 0. The number of nitrogens with zero attached hydrogens (tertiary/aromatic N) is 1. The maximum atomic E-state index is 9.77. The quantitative estimate of drug-likeness (QED) is 0.776. The number of ether oxygens (including phenoxy) is 1. The van der Waals surface area contributed by atoms with Crippen LogP contribution in [0, 0.1) is 11.3 Å². The maximum Gasteiger partial charge on any atom is 0.289 e. The zero-order valence-electron chi connectivity index (χ0n) is 13.1. The number of nitrogens with one attached hydrogen (secondary N) is 1. The number of aromatic amines is 1. The molecule has 0 aliphatic carbocycles. The minimum Gasteiger partial charge on any atom is -0.504 e. The largest absolute Gasteiger partial charge is 0.504 e. The second-order valence-corrected chi connectivity index (χ2v) is 5.25. The fourth-order valence-electron chi connectivity index (χ4n) is 2.57. The number of phenolic OH excluding ortho intramolecular Hbond substituents is 1. The van der Waals surface area contributed by atoms with Gasteiger partial charge in [0, 0.05) is 11.1 Å². The third kappa shape index (κ3) is 2.73. The van der Waals surface area contributed by atoms with Crippen molar-refractivity contribution in [1.82, 2.24) is 0 Å². The molecule has 0 aliphatic rings. The van der Waals surface area contributed by atoms with E-state index in [0.29, 0.717) is 22.7 Å². The molecule has 5 nitrogen and oxygen atoms in total. The van der Waals surface area contributed by atoms with E-state index in [4.69, 9.17) is 10.5 Å². The predicted molar refractivity (Wildman–Crippen MR) is 91.2 cm³/mol. The molecule has 4 N–H and O–H groups in total. The lowest BCUT2D eigenvalue weighted by Gasteiger charge is -2.10. The molecule has 1 heterocycles. The second-order valence-electron chi connectivity index (χ2n) is 5.25. The van der Waals surface area contributed by atoms with Gasteiger partial charge in [-0.25, -0.2) is 4.98 Å². The van der Waals surface area contributed by atoms with E-state index in [2.05, 4.69) is 11.1 Å². The highest BCUT2D eigenvalue weighted by atomic mass is 16.5. The molecule has 0 atom stereocenters. The second kappa shape index (κ2) is 6.31. The van der Waals surface area contributed by atoms with Gasteiger partial charge in [-0.1, -0.05) is 36.4 Å². The van der Waals surface area contributed by atoms with Gasteiger partial charge in [-0.05, 0) is 23.8 Å². The maximum absolute atomic E-state index is 9.77. The van der Waals surface area contributed by atoms with Gasteiger partial charge < -0.3 is 9.84 Å². The Hall–Kier alpha value is -3.52. The minimum atomic E-state index is 0.0403. The molecule has 118 valence electrons. The van der Waals surface area contributed by atoms with E-state index < -0.39 is 0 Å². The van der Waals surface area contributed by atoms with Crippen molar-refractivity contribution < 1.29 is 14.8 Å². The summed E-state index contributed by atoms with van der Waals surface area (Å²) < 4.78 is 5.15. The molecular formula is C19H16N3O2+. The molecule has 0 spiro atoms. The zero-order chi connectivity index (χ0) is 17.1. The number of hydrogen-bond donors (Lipinski definition) is 2. The Kier molecular flexibility index (Phi) is 4.04. The molecule has 5 heteroatoms. The van der Waals surface area contributed by atoms with Crippen molar-refractivity contribution in [3.63, 3.8) is 0 Å². The fraction of sp³-hybridized carbons (Fsp3) is 0.0526. The van der Waals surface area contributed by atoms with Gasteiger partial charge in [0.15, 0.2) is 11.5 Å². The first-order valence-electron chi connectivity index (χ1n) is 7.32. The van der Waals surface area contributed by atoms with Crippen LogP contribution in [0.5, 0.6) is 11.5 Å². The van der Waals surface area contributed by atoms with Gasteiger partial charge in [0.2, 0.25) is 0 Å². The molecule has 1 aromatic heterocycles. The average molecular weight is 318 g/mol. The van der Waals surface area contributed by atoms with Crippen molar-refractivity contribution >= 4 is 5.82 Å². The molecule has 0 saturated heterocycles. The molecule has 0 aliphatic heterocycles. The van der Waals surface area contributed by atoms with Gasteiger partial charge in [0.1, 0.15) is 17.3 Å². The highest BCUT2D eigenvalue weighted by Gasteiger charge is 2.18. The van der Waals surface area contributed by atoms with Gasteiger partial charge in [0.25, 0.3) is 5.82 Å². The number of rotatable bonds is 3. The number of aromatic hydroxyl groups is 1. The Labute approximate surface area is 139 Å². The molecular weight excluding hydrogens is 302 g/mol. The van der Waals surface area contributed by atoms with Crippen molar-refractivity contribution in [1.29, 1.82) is 5.26 Å². The van der Waals surface area contributed by atoms with E-state index in [9.17, 15) is 10.4 Å². The fourth-order valence-corrected chi connectivity index (χ4v) is 2.57. The van der Waals surface area contributed by atoms with Gasteiger partial charge in [-0.15, -0.1) is 0 Å². The van der Waals surface area contributed by atoms with Crippen molar-refractivity contribution in [2.24, 2.45) is 0 Å². The van der Waals surface area contributed by atoms with E-state index in [-0.39, 0.29) is 5.75 Å². The van der Waals surface area contributed by atoms with E-state index >= 15 is 0 Å². The molecule has 0 amide bonds. The summed E-state index contributed by atoms with van der Waals surface area (Å²) in [5.41, 5.74) is 9.57. The number of nitriles is 1. The Morgan fingerprint density at radius 3 is 2.50 bits per heavy atom. The van der Waals surface area contributed by atoms with E-state index in [1.165, 1.54) is 13.2 Å². The molecule has 0 radical (unpaired) electrons. The average Bonchev–Trinajstić information content (AvgIpc) is 2.62. The van der Waals surface area contributed by atoms with Crippen LogP contribution in [0.2, 0.25) is 0 Å². The first kappa shape index (κ1) is 15.4. The normalized spacial score (nSPS) is 10.2. The number of pyridine rings is 1. The zero-order valence-corrected chi connectivity index (χ0v) is 13.1. The monoisotopic (exact) mass is 318 g/mol. The summed E-state index contributed by atoms with van der Waals surface area (Å²) in [5.74, 6) is 0.670. The van der Waals surface area contributed by atoms with Crippen molar-refractivity contribution in [2.45, 2.75) is 0 Å². The minimum absolute atomic E-state index is 0.0403. The lowest BCUT2D eigenvalue weighted by Crippen LogP contribution is -2.16. The Morgan fingerprint density at radius 1 is 1.08 bits per heavy atom. The number of H-pyrrole nitrogens is 1. The highest BCUT2D eigenvalue weighted by Crippen LogP contribution is 2.34. The number of benzene rings is 2. The molecule has 0 fully saturated rings. The molecule has 0 unspecified atom stereocenters. The topological polar surface area (TPSA) is 93.4 Å². The summed E-state index contributed by atoms with van der Waals surface area (Å²) in [6.45, 7) is 0. The van der Waals surface area contributed by atoms with Crippen LogP contribution in [0.15, 0.2) is 54.6 Å². The number of nitrogens with two attached hydrogens (primary N) is 1. The van der Waals surface area contributed by atoms with Crippen LogP contribution in [0.1, 0.15) is 5.56 Å². The van der Waals surface area contributed by atoms with Gasteiger partial charge >= 0.3 is 0 Å². The van der Waals surface area contributed by atoms with Crippen LogP contribution < -0.4 is 15.5 Å². The standard InChI is InChI=1S/C19H15N3O2/c1-24-18-9-13(7-8-17(18)23)14-10-16(12-5-3-2-4-6-12)22-19(21)15(14)11-20/h2-10,23H,1H3,(H2,21,22)/p+1. The van der Waals surface area contributed by atoms with E-state index in [1.54, 1.807) is 12.1 Å². The van der Waals surface area contributed by atoms with Crippen LogP contribution in [0.25, 0.3) is 22.4 Å². The van der Waals surface area contributed by atoms with Gasteiger partial charge in [-0.2, -0.15) is 5.26 Å². The first-order valence-corrected chi connectivity index (χ1v) is 7.32. The Balaban J connectivity index is 2.23. The third-order valence-electron chi connectivity index (χ3n) is 3.78. The van der Waals surface area contributed by atoms with Crippen LogP contribution >= 0.6 is 0 Å². The highest BCUT2D eigenvalue weighted by molar-refractivity contribution is 5.78. The summed E-state index contributed by atoms with van der Waals surface area (Å²) in [6, 6.07) is 18.7. The summed E-state index contributed by atoms with van der Waals surface area (Å²) in [7, 11) is 1.48. The SMILES string of the molecule is COc1cc(-c2cc(-c3ccccc3)[nH+]c(N)c2C#N)ccc1O. The van der Waals surface area contributed by atoms with Crippen LogP contribution in [-0.4, -0.2) is 12.2 Å². The van der Waals surface area contributed by atoms with E-state index in [1.807, 2.05) is 36.4 Å². The molecule has 3 rings (SSSR count). The molecule has 0 saturated carbocycles. The third-order valence-corrected chi connectivity index (χ3v) is 3.78. The van der Waals surface area contributed by atoms with Crippen molar-refractivity contribution in [3.8, 4) is 40.0 Å². The Bertz CT molecular complexity index is 931. The number of phenols is 1. The Morgan fingerprint density at radius 2 is 1.83 bits per heavy atom. The number of aromatic nitrogens is 1. The van der Waals surface area contributed by atoms with Crippen LogP contribution in [0.3, 0.4) is 0 Å². The number of hydrogen-bond acceptors (Lipinski definition) is 4. The van der Waals surface area contributed by atoms with Crippen LogP contribution in [-0.2, 0) is 0 Å². The smallest absolute Gasteiger partial charge is 0.289 e. The first-order chi connectivity index (χ1) is 11.6. The molecule has 2 aromatic carbocycles. The predicted octanol–water partition coefficient (Wildman–Crippen LogP) is 3.00. The van der Waals surface area contributed by atoms with Crippen molar-refractivity contribution in [3.05, 3.63) is 60.2 Å². The molecule has 24 heavy (non-hydrogen) atoms. The summed E-state index contributed by atoms with van der Waals surface area (Å²) in [5, 5.41) is 19.2. The van der Waals surface area contributed by atoms with E-state index in [0.717, 1.165) is 16.8 Å². The molecule has 3 aromatic rings. The van der Waals surface area contributed by atoms with Gasteiger partial charge in [0.05, 0.1) is 7.11 Å². The number of methoxy groups -OCH3 is 1. The van der Waals surface area contributed by atoms with Crippen molar-refractivity contribution in [2.75, 3.05) is 12.8 Å². The molecule has 0 bridgehead atoms. The lowest BCUT2D eigenvalue weighted by molar-refractivity contribution is -0.346. The summed E-state index contributed by atoms with van der Waals surface area (Å²) in [6.07, 6.45) is 0. The summed E-state index contributed by atoms with van der Waals surface area (Å²) in [4.78, 5) is 3.07.